The normalized spacial score (nSPS) is 15.8. The van der Waals surface area contributed by atoms with E-state index in [0.717, 1.165) is 18.4 Å². The van der Waals surface area contributed by atoms with Crippen LogP contribution in [0.15, 0.2) is 84.6 Å². The van der Waals surface area contributed by atoms with Gasteiger partial charge in [-0.2, -0.15) is 0 Å². The van der Waals surface area contributed by atoms with Crippen molar-refractivity contribution in [3.05, 3.63) is 101 Å². The van der Waals surface area contributed by atoms with Crippen LogP contribution in [0.4, 0.5) is 5.69 Å². The Morgan fingerprint density at radius 2 is 1.61 bits per heavy atom. The third kappa shape index (κ3) is 3.91. The average molecular weight is 439 g/mol. The highest BCUT2D eigenvalue weighted by molar-refractivity contribution is 6.45. The molecule has 5 rings (SSSR count). The second kappa shape index (κ2) is 8.94. The molecule has 0 spiro atoms. The topological polar surface area (TPSA) is 49.9 Å². The Bertz CT molecular complexity index is 1230. The molecule has 0 fully saturated rings. The quantitative estimate of drug-likeness (QED) is 0.518. The van der Waals surface area contributed by atoms with Crippen molar-refractivity contribution in [2.45, 2.75) is 26.3 Å². The van der Waals surface area contributed by atoms with Gasteiger partial charge in [0.2, 0.25) is 0 Å². The summed E-state index contributed by atoms with van der Waals surface area (Å²) in [5, 5.41) is 0. The molecule has 5 nitrogen and oxygen atoms in total. The summed E-state index contributed by atoms with van der Waals surface area (Å²) in [6.45, 7) is 3.91. The van der Waals surface area contributed by atoms with Crippen LogP contribution in [0, 0.1) is 0 Å². The summed E-state index contributed by atoms with van der Waals surface area (Å²) in [6, 6.07) is 25.0. The van der Waals surface area contributed by atoms with Crippen molar-refractivity contribution >= 4 is 23.1 Å². The van der Waals surface area contributed by atoms with Crippen LogP contribution in [-0.2, 0) is 22.6 Å². The number of amides is 2. The van der Waals surface area contributed by atoms with E-state index < -0.39 is 0 Å². The van der Waals surface area contributed by atoms with Crippen molar-refractivity contribution in [1.82, 2.24) is 4.90 Å². The first kappa shape index (κ1) is 21.0. The van der Waals surface area contributed by atoms with Gasteiger partial charge in [0.05, 0.1) is 17.9 Å². The van der Waals surface area contributed by atoms with E-state index in [-0.39, 0.29) is 11.8 Å². The van der Waals surface area contributed by atoms with Crippen molar-refractivity contribution in [3.63, 3.8) is 0 Å². The predicted octanol–water partition coefficient (Wildman–Crippen LogP) is 4.82. The maximum absolute atomic E-state index is 13.8. The average Bonchev–Trinajstić information content (AvgIpc) is 3.13. The number of imide groups is 1. The van der Waals surface area contributed by atoms with Crippen LogP contribution in [0.2, 0.25) is 0 Å². The van der Waals surface area contributed by atoms with E-state index in [0.29, 0.717) is 42.4 Å². The van der Waals surface area contributed by atoms with Gasteiger partial charge in [0, 0.05) is 19.2 Å². The lowest BCUT2D eigenvalue weighted by atomic mass is 9.98. The molecule has 5 heteroatoms. The molecule has 0 aliphatic carbocycles. The lowest BCUT2D eigenvalue weighted by Crippen LogP contribution is -2.37. The molecule has 166 valence electrons. The SMILES string of the molecule is CCCOc1cccc(N2C(=O)C(c3ccccc3)=C(N3CCc4ccccc4C3)C2=O)c1. The standard InChI is InChI=1S/C28H26N2O3/c1-2-17-33-24-14-8-13-23(18-24)30-27(31)25(21-10-4-3-5-11-21)26(28(30)32)29-16-15-20-9-6-7-12-22(20)19-29/h3-14,18H,2,15-17,19H2,1H3. The van der Waals surface area contributed by atoms with Crippen molar-refractivity contribution < 1.29 is 14.3 Å². The van der Waals surface area contributed by atoms with Gasteiger partial charge in [-0.25, -0.2) is 4.90 Å². The minimum absolute atomic E-state index is 0.286. The molecule has 2 aliphatic rings. The van der Waals surface area contributed by atoms with Crippen LogP contribution < -0.4 is 9.64 Å². The van der Waals surface area contributed by atoms with E-state index in [2.05, 4.69) is 17.0 Å². The number of nitrogens with zero attached hydrogens (tertiary/aromatic N) is 2. The number of carbonyl (C=O) groups is 2. The van der Waals surface area contributed by atoms with Gasteiger partial charge in [-0.05, 0) is 41.7 Å². The summed E-state index contributed by atoms with van der Waals surface area (Å²) in [5.74, 6) is 0.0649. The van der Waals surface area contributed by atoms with Crippen LogP contribution in [0.25, 0.3) is 5.57 Å². The molecule has 0 aromatic heterocycles. The zero-order valence-corrected chi connectivity index (χ0v) is 18.7. The summed E-state index contributed by atoms with van der Waals surface area (Å²) in [5.41, 5.74) is 4.70. The van der Waals surface area contributed by atoms with Crippen molar-refractivity contribution in [3.8, 4) is 5.75 Å². The highest BCUT2D eigenvalue weighted by Gasteiger charge is 2.43. The highest BCUT2D eigenvalue weighted by Crippen LogP contribution is 2.37. The number of hydrogen-bond donors (Lipinski definition) is 0. The van der Waals surface area contributed by atoms with Gasteiger partial charge in [0.15, 0.2) is 0 Å². The number of carbonyl (C=O) groups excluding carboxylic acids is 2. The molecular weight excluding hydrogens is 412 g/mol. The van der Waals surface area contributed by atoms with Crippen LogP contribution in [-0.4, -0.2) is 29.9 Å². The Kier molecular flexibility index (Phi) is 5.69. The van der Waals surface area contributed by atoms with Gasteiger partial charge < -0.3 is 9.64 Å². The minimum Gasteiger partial charge on any atom is -0.494 e. The van der Waals surface area contributed by atoms with Gasteiger partial charge in [-0.15, -0.1) is 0 Å². The molecule has 3 aromatic carbocycles. The predicted molar refractivity (Wildman–Crippen MR) is 129 cm³/mol. The van der Waals surface area contributed by atoms with E-state index >= 15 is 0 Å². The zero-order chi connectivity index (χ0) is 22.8. The zero-order valence-electron chi connectivity index (χ0n) is 18.7. The second-order valence-corrected chi connectivity index (χ2v) is 8.32. The van der Waals surface area contributed by atoms with Gasteiger partial charge in [-0.3, -0.25) is 9.59 Å². The first-order valence-corrected chi connectivity index (χ1v) is 11.4. The lowest BCUT2D eigenvalue weighted by molar-refractivity contribution is -0.120. The van der Waals surface area contributed by atoms with Gasteiger partial charge in [-0.1, -0.05) is 67.6 Å². The van der Waals surface area contributed by atoms with Crippen molar-refractivity contribution in [1.29, 1.82) is 0 Å². The van der Waals surface area contributed by atoms with Crippen LogP contribution in [0.5, 0.6) is 5.75 Å². The van der Waals surface area contributed by atoms with E-state index in [1.54, 1.807) is 12.1 Å². The second-order valence-electron chi connectivity index (χ2n) is 8.32. The number of benzene rings is 3. The Morgan fingerprint density at radius 1 is 0.848 bits per heavy atom. The molecule has 33 heavy (non-hydrogen) atoms. The molecule has 2 amide bonds. The van der Waals surface area contributed by atoms with E-state index in [1.807, 2.05) is 61.5 Å². The molecule has 2 heterocycles. The molecule has 0 N–H and O–H groups in total. The van der Waals surface area contributed by atoms with Crippen molar-refractivity contribution in [2.75, 3.05) is 18.1 Å². The number of anilines is 1. The summed E-state index contributed by atoms with van der Waals surface area (Å²) < 4.78 is 5.75. The van der Waals surface area contributed by atoms with Gasteiger partial charge in [0.1, 0.15) is 11.4 Å². The van der Waals surface area contributed by atoms with Crippen LogP contribution in [0.3, 0.4) is 0 Å². The fraction of sp³-hybridized carbons (Fsp3) is 0.214. The summed E-state index contributed by atoms with van der Waals surface area (Å²) in [4.78, 5) is 30.9. The minimum atomic E-state index is -0.298. The molecule has 0 unspecified atom stereocenters. The van der Waals surface area contributed by atoms with E-state index in [1.165, 1.54) is 16.0 Å². The monoisotopic (exact) mass is 438 g/mol. The molecule has 2 aliphatic heterocycles. The maximum Gasteiger partial charge on any atom is 0.282 e. The van der Waals surface area contributed by atoms with Crippen LogP contribution >= 0.6 is 0 Å². The first-order chi connectivity index (χ1) is 16.2. The number of rotatable bonds is 6. The molecule has 3 aromatic rings. The van der Waals surface area contributed by atoms with Gasteiger partial charge >= 0.3 is 0 Å². The van der Waals surface area contributed by atoms with Crippen LogP contribution in [0.1, 0.15) is 30.0 Å². The Balaban J connectivity index is 1.56. The summed E-state index contributed by atoms with van der Waals surface area (Å²) >= 11 is 0. The molecule has 0 bridgehead atoms. The Morgan fingerprint density at radius 3 is 2.39 bits per heavy atom. The fourth-order valence-electron chi connectivity index (χ4n) is 4.53. The molecule has 0 radical (unpaired) electrons. The number of fused-ring (bicyclic) bond motifs is 1. The third-order valence-electron chi connectivity index (χ3n) is 6.12. The number of ether oxygens (including phenoxy) is 1. The number of hydrogen-bond acceptors (Lipinski definition) is 4. The smallest absolute Gasteiger partial charge is 0.282 e. The Hall–Kier alpha value is -3.86. The Labute approximate surface area is 193 Å². The third-order valence-corrected chi connectivity index (χ3v) is 6.12. The van der Waals surface area contributed by atoms with Crippen molar-refractivity contribution in [2.24, 2.45) is 0 Å². The molecule has 0 saturated carbocycles. The van der Waals surface area contributed by atoms with E-state index in [9.17, 15) is 9.59 Å². The van der Waals surface area contributed by atoms with E-state index in [4.69, 9.17) is 4.74 Å². The van der Waals surface area contributed by atoms with Gasteiger partial charge in [0.25, 0.3) is 11.8 Å². The molecule has 0 saturated heterocycles. The fourth-order valence-corrected chi connectivity index (χ4v) is 4.53. The summed E-state index contributed by atoms with van der Waals surface area (Å²) in [6.07, 6.45) is 1.72. The highest BCUT2D eigenvalue weighted by atomic mass is 16.5. The first-order valence-electron chi connectivity index (χ1n) is 11.4. The summed E-state index contributed by atoms with van der Waals surface area (Å²) in [7, 11) is 0. The molecule has 0 atom stereocenters. The largest absolute Gasteiger partial charge is 0.494 e. The lowest BCUT2D eigenvalue weighted by Gasteiger charge is -2.31. The molecular formula is C28H26N2O3. The maximum atomic E-state index is 13.8.